The van der Waals surface area contributed by atoms with E-state index in [0.29, 0.717) is 0 Å². The zero-order valence-electron chi connectivity index (χ0n) is 14.9. The van der Waals surface area contributed by atoms with E-state index in [1.54, 1.807) is 0 Å². The van der Waals surface area contributed by atoms with E-state index in [-0.39, 0.29) is 0 Å². The third-order valence-corrected chi connectivity index (χ3v) is 5.17. The van der Waals surface area contributed by atoms with Gasteiger partial charge in [0.05, 0.1) is 26.1 Å². The van der Waals surface area contributed by atoms with Gasteiger partial charge in [-0.1, -0.05) is 59.7 Å². The van der Waals surface area contributed by atoms with Crippen LogP contribution in [0.4, 0.5) is 0 Å². The molecule has 0 radical (unpaired) electrons. The Kier molecular flexibility index (Phi) is 4.38. The first-order valence-corrected chi connectivity index (χ1v) is 8.26. The summed E-state index contributed by atoms with van der Waals surface area (Å²) >= 11 is 0. The summed E-state index contributed by atoms with van der Waals surface area (Å²) < 4.78 is 10.00. The van der Waals surface area contributed by atoms with Gasteiger partial charge in [-0.2, -0.15) is 0 Å². The summed E-state index contributed by atoms with van der Waals surface area (Å²) in [4.78, 5) is 24.9. The fourth-order valence-electron chi connectivity index (χ4n) is 3.83. The van der Waals surface area contributed by atoms with Crippen LogP contribution in [0.25, 0.3) is 0 Å². The van der Waals surface area contributed by atoms with E-state index in [1.807, 2.05) is 62.4 Å². The Balaban J connectivity index is 2.21. The molecular weight excluding hydrogens is 316 g/mol. The highest BCUT2D eigenvalue weighted by Crippen LogP contribution is 2.64. The van der Waals surface area contributed by atoms with Gasteiger partial charge in [-0.3, -0.25) is 9.59 Å². The van der Waals surface area contributed by atoms with Crippen molar-refractivity contribution in [3.05, 3.63) is 70.8 Å². The van der Waals surface area contributed by atoms with E-state index in [2.05, 4.69) is 0 Å². The molecular formula is C21H22O4. The number of rotatable bonds is 4. The van der Waals surface area contributed by atoms with Crippen LogP contribution in [0.1, 0.15) is 22.3 Å². The molecule has 1 aliphatic carbocycles. The van der Waals surface area contributed by atoms with E-state index >= 15 is 0 Å². The monoisotopic (exact) mass is 338 g/mol. The third kappa shape index (κ3) is 2.62. The van der Waals surface area contributed by atoms with Gasteiger partial charge >= 0.3 is 11.9 Å². The maximum Gasteiger partial charge on any atom is 0.310 e. The summed E-state index contributed by atoms with van der Waals surface area (Å²) in [5.74, 6) is -1.96. The molecule has 4 nitrogen and oxygen atoms in total. The minimum Gasteiger partial charge on any atom is -0.469 e. The second-order valence-electron chi connectivity index (χ2n) is 6.60. The minimum atomic E-state index is -0.748. The Morgan fingerprint density at radius 3 is 1.32 bits per heavy atom. The smallest absolute Gasteiger partial charge is 0.310 e. The topological polar surface area (TPSA) is 52.6 Å². The van der Waals surface area contributed by atoms with E-state index in [1.165, 1.54) is 14.2 Å². The van der Waals surface area contributed by atoms with Crippen LogP contribution in [-0.2, 0) is 24.5 Å². The van der Waals surface area contributed by atoms with Gasteiger partial charge in [-0.15, -0.1) is 0 Å². The molecule has 4 heteroatoms. The average molecular weight is 338 g/mol. The summed E-state index contributed by atoms with van der Waals surface area (Å²) in [7, 11) is 2.70. The van der Waals surface area contributed by atoms with E-state index in [9.17, 15) is 9.59 Å². The predicted molar refractivity (Wildman–Crippen MR) is 94.2 cm³/mol. The second-order valence-corrected chi connectivity index (χ2v) is 6.60. The molecule has 1 aliphatic rings. The number of methoxy groups -OCH3 is 2. The summed E-state index contributed by atoms with van der Waals surface area (Å²) in [6, 6.07) is 15.9. The lowest BCUT2D eigenvalue weighted by Crippen LogP contribution is -2.20. The lowest BCUT2D eigenvalue weighted by Gasteiger charge is -2.20. The summed E-state index contributed by atoms with van der Waals surface area (Å²) in [6.07, 6.45) is 0. The number of benzene rings is 2. The Hall–Kier alpha value is -2.62. The van der Waals surface area contributed by atoms with E-state index in [4.69, 9.17) is 9.47 Å². The third-order valence-electron chi connectivity index (χ3n) is 5.17. The molecule has 0 amide bonds. The quantitative estimate of drug-likeness (QED) is 0.804. The molecule has 0 bridgehead atoms. The van der Waals surface area contributed by atoms with Gasteiger partial charge in [0.15, 0.2) is 0 Å². The molecule has 1 fully saturated rings. The molecule has 0 spiro atoms. The Bertz CT molecular complexity index is 720. The largest absolute Gasteiger partial charge is 0.469 e. The van der Waals surface area contributed by atoms with Crippen molar-refractivity contribution in [1.29, 1.82) is 0 Å². The predicted octanol–water partition coefficient (Wildman–Crippen LogP) is 3.18. The van der Waals surface area contributed by atoms with Crippen molar-refractivity contribution >= 4 is 11.9 Å². The van der Waals surface area contributed by atoms with E-state index in [0.717, 1.165) is 22.3 Å². The Labute approximate surface area is 147 Å². The number of esters is 2. The number of aryl methyl sites for hydroxylation is 2. The molecule has 0 saturated heterocycles. The van der Waals surface area contributed by atoms with Gasteiger partial charge in [0, 0.05) is 5.41 Å². The van der Waals surface area contributed by atoms with Crippen LogP contribution in [-0.4, -0.2) is 26.2 Å². The van der Waals surface area contributed by atoms with Crippen molar-refractivity contribution in [2.75, 3.05) is 14.2 Å². The molecule has 2 unspecified atom stereocenters. The molecule has 0 aromatic heterocycles. The van der Waals surface area contributed by atoms with Crippen molar-refractivity contribution < 1.29 is 19.1 Å². The molecule has 25 heavy (non-hydrogen) atoms. The molecule has 2 atom stereocenters. The van der Waals surface area contributed by atoms with Crippen molar-refractivity contribution in [3.8, 4) is 0 Å². The number of ether oxygens (including phenoxy) is 2. The van der Waals surface area contributed by atoms with Gasteiger partial charge in [0.2, 0.25) is 0 Å². The fourth-order valence-corrected chi connectivity index (χ4v) is 3.83. The van der Waals surface area contributed by atoms with Crippen molar-refractivity contribution in [1.82, 2.24) is 0 Å². The fraction of sp³-hybridized carbons (Fsp3) is 0.333. The van der Waals surface area contributed by atoms with Crippen LogP contribution >= 0.6 is 0 Å². The first-order valence-electron chi connectivity index (χ1n) is 8.26. The summed E-state index contributed by atoms with van der Waals surface area (Å²) in [5.41, 5.74) is 3.34. The zero-order valence-corrected chi connectivity index (χ0v) is 14.9. The van der Waals surface area contributed by atoms with Gasteiger partial charge in [0.1, 0.15) is 0 Å². The number of hydrogen-bond donors (Lipinski definition) is 0. The normalized spacial score (nSPS) is 20.6. The minimum absolute atomic E-state index is 0.392. The van der Waals surface area contributed by atoms with Crippen LogP contribution in [0.3, 0.4) is 0 Å². The zero-order chi connectivity index (χ0) is 18.2. The van der Waals surface area contributed by atoms with Gasteiger partial charge in [-0.25, -0.2) is 0 Å². The summed E-state index contributed by atoms with van der Waals surface area (Å²) in [5, 5.41) is 0. The Morgan fingerprint density at radius 2 is 1.04 bits per heavy atom. The molecule has 0 aliphatic heterocycles. The molecule has 130 valence electrons. The lowest BCUT2D eigenvalue weighted by atomic mass is 9.83. The molecule has 3 rings (SSSR count). The van der Waals surface area contributed by atoms with Crippen LogP contribution in [0.2, 0.25) is 0 Å². The molecule has 1 saturated carbocycles. The van der Waals surface area contributed by atoms with Crippen LogP contribution in [0, 0.1) is 25.7 Å². The van der Waals surface area contributed by atoms with E-state index < -0.39 is 29.2 Å². The van der Waals surface area contributed by atoms with Crippen LogP contribution < -0.4 is 0 Å². The highest BCUT2D eigenvalue weighted by Gasteiger charge is 2.74. The molecule has 0 heterocycles. The molecule has 2 aromatic rings. The van der Waals surface area contributed by atoms with Crippen molar-refractivity contribution in [2.45, 2.75) is 19.3 Å². The van der Waals surface area contributed by atoms with Crippen LogP contribution in [0.15, 0.2) is 48.5 Å². The lowest BCUT2D eigenvalue weighted by molar-refractivity contribution is -0.148. The van der Waals surface area contributed by atoms with Crippen molar-refractivity contribution in [3.63, 3.8) is 0 Å². The maximum absolute atomic E-state index is 12.5. The highest BCUT2D eigenvalue weighted by atomic mass is 16.5. The van der Waals surface area contributed by atoms with Gasteiger partial charge < -0.3 is 9.47 Å². The molecule has 0 N–H and O–H groups in total. The average Bonchev–Trinajstić information content (AvgIpc) is 3.32. The number of carbonyl (C=O) groups is 2. The first kappa shape index (κ1) is 17.2. The van der Waals surface area contributed by atoms with Gasteiger partial charge in [-0.05, 0) is 25.0 Å². The standard InChI is InChI=1S/C21H22O4/c1-13-5-9-15(10-6-13)21(16-11-7-14(2)8-12-16)17(19(22)24-3)18(21)20(23)25-4/h5-12,17-18H,1-4H3. The highest BCUT2D eigenvalue weighted by molar-refractivity contribution is 5.94. The number of carbonyl (C=O) groups excluding carboxylic acids is 2. The number of hydrogen-bond acceptors (Lipinski definition) is 4. The SMILES string of the molecule is COC(=O)C1C(C(=O)OC)C1(c1ccc(C)cc1)c1ccc(C)cc1. The van der Waals surface area contributed by atoms with Gasteiger partial charge in [0.25, 0.3) is 0 Å². The van der Waals surface area contributed by atoms with Crippen molar-refractivity contribution in [2.24, 2.45) is 11.8 Å². The Morgan fingerprint density at radius 1 is 0.720 bits per heavy atom. The van der Waals surface area contributed by atoms with Crippen LogP contribution in [0.5, 0.6) is 0 Å². The maximum atomic E-state index is 12.5. The molecule has 2 aromatic carbocycles. The second kappa shape index (κ2) is 6.36. The summed E-state index contributed by atoms with van der Waals surface area (Å²) in [6.45, 7) is 4.01. The first-order chi connectivity index (χ1) is 12.0.